The molecule has 29 atom stereocenters. The summed E-state index contributed by atoms with van der Waals surface area (Å²) in [6.45, 7) is 15.9. The zero-order chi connectivity index (χ0) is 56.9. The van der Waals surface area contributed by atoms with E-state index in [2.05, 4.69) is 41.5 Å². The summed E-state index contributed by atoms with van der Waals surface area (Å²) in [4.78, 5) is 0. The van der Waals surface area contributed by atoms with Crippen LogP contribution in [0.25, 0.3) is 0 Å². The lowest BCUT2D eigenvalue weighted by atomic mass is 9.34. The molecule has 4 heterocycles. The van der Waals surface area contributed by atoms with Crippen LogP contribution < -0.4 is 0 Å². The maximum absolute atomic E-state index is 13.0. The highest BCUT2D eigenvalue weighted by atomic mass is 16.8. The van der Waals surface area contributed by atoms with E-state index in [1.165, 1.54) is 0 Å². The van der Waals surface area contributed by atoms with Crippen LogP contribution in [-0.4, -0.2) is 243 Å². The van der Waals surface area contributed by atoms with Crippen LogP contribution in [0, 0.1) is 44.8 Å². The third-order valence-corrected chi connectivity index (χ3v) is 21.2. The molecule has 4 aliphatic heterocycles. The first kappa shape index (κ1) is 61.9. The molecule has 8 fully saturated rings. The maximum Gasteiger partial charge on any atom is 0.187 e. The fourth-order valence-electron chi connectivity index (χ4n) is 16.4. The molecule has 23 heteroatoms. The molecule has 0 amide bonds. The maximum atomic E-state index is 13.0. The highest BCUT2D eigenvalue weighted by molar-refractivity contribution is 5.24. The number of ether oxygens (including phenoxy) is 8. The summed E-state index contributed by atoms with van der Waals surface area (Å²) in [6, 6.07) is 0. The summed E-state index contributed by atoms with van der Waals surface area (Å²) in [6.07, 6.45) is -22.9. The Kier molecular flexibility index (Phi) is 18.0. The molecule has 4 saturated heterocycles. The Morgan fingerprint density at radius 2 is 1.05 bits per heavy atom. The Balaban J connectivity index is 1.04. The quantitative estimate of drug-likeness (QED) is 0.0576. The van der Waals surface area contributed by atoms with E-state index in [1.54, 1.807) is 26.0 Å². The molecule has 23 nitrogen and oxygen atoms in total. The van der Waals surface area contributed by atoms with Crippen molar-refractivity contribution in [2.24, 2.45) is 44.8 Å². The molecule has 0 radical (unpaired) electrons. The molecule has 0 unspecified atom stereocenters. The summed E-state index contributed by atoms with van der Waals surface area (Å²) in [5, 5.41) is 162. The van der Waals surface area contributed by atoms with Crippen LogP contribution in [0.2, 0.25) is 0 Å². The molecule has 0 spiro atoms. The number of rotatable bonds is 16. The predicted octanol–water partition coefficient (Wildman–Crippen LogP) is -2.20. The van der Waals surface area contributed by atoms with Crippen LogP contribution in [0.1, 0.15) is 114 Å². The summed E-state index contributed by atoms with van der Waals surface area (Å²) < 4.78 is 48.9. The van der Waals surface area contributed by atoms with Crippen molar-refractivity contribution >= 4 is 0 Å². The summed E-state index contributed by atoms with van der Waals surface area (Å²) >= 11 is 0. The Morgan fingerprint density at radius 1 is 0.532 bits per heavy atom. The number of hydrogen-bond donors (Lipinski definition) is 15. The van der Waals surface area contributed by atoms with Gasteiger partial charge in [-0.2, -0.15) is 0 Å². The number of aliphatic hydroxyl groups is 15. The van der Waals surface area contributed by atoms with Crippen molar-refractivity contribution in [3.8, 4) is 0 Å². The first-order valence-corrected chi connectivity index (χ1v) is 27.7. The molecule has 0 aromatic rings. The number of fused-ring (bicyclic) bond motifs is 5. The zero-order valence-corrected chi connectivity index (χ0v) is 46.0. The highest BCUT2D eigenvalue weighted by Crippen LogP contribution is 2.78. The molecular weight excluding hydrogens is 1020 g/mol. The van der Waals surface area contributed by atoms with E-state index in [0.29, 0.717) is 32.1 Å². The predicted molar refractivity (Wildman–Crippen MR) is 266 cm³/mol. The third kappa shape index (κ3) is 10.6. The molecule has 0 aromatic heterocycles. The molecule has 0 aromatic carbocycles. The van der Waals surface area contributed by atoms with Crippen molar-refractivity contribution in [1.29, 1.82) is 0 Å². The van der Waals surface area contributed by atoms with E-state index in [1.807, 2.05) is 6.92 Å². The molecule has 0 bridgehead atoms. The van der Waals surface area contributed by atoms with Crippen LogP contribution in [0.3, 0.4) is 0 Å². The highest BCUT2D eigenvalue weighted by Gasteiger charge is 2.75. The van der Waals surface area contributed by atoms with E-state index in [-0.39, 0.29) is 29.1 Å². The van der Waals surface area contributed by atoms with Crippen LogP contribution in [0.5, 0.6) is 0 Å². The van der Waals surface area contributed by atoms with Gasteiger partial charge in [0.05, 0.1) is 49.8 Å². The molecule has 446 valence electrons. The zero-order valence-electron chi connectivity index (χ0n) is 46.0. The lowest BCUT2D eigenvalue weighted by Crippen LogP contribution is -2.69. The monoisotopic (exact) mass is 1110 g/mol. The van der Waals surface area contributed by atoms with Gasteiger partial charge in [0.15, 0.2) is 25.2 Å². The van der Waals surface area contributed by atoms with Gasteiger partial charge in [-0.1, -0.05) is 53.7 Å². The Bertz CT molecular complexity index is 2030. The SMILES string of the molecule is CC(C)(O)/C=C/C[C@](C)(O[C@@H]1O[C@H](CO[C@@H]2O[C@@H](CO)[C@H](O)[C@H]2O)[C@@H](O)[C@H](O)[C@H]1O)[C@@]1(C)CC[C@]2(C)[C@@H]1[C@H](O)C[C@@H]1[C@@]3(C)CC[C@H](O[C@@H]4O[C@H](CO)[C@@H](O)[C@H](O)[C@H]4O[C@@H]4O[C@H](CO)[C@@H](O)[C@H](O)[C@H]4O)C(C)(C)[C@@H]3CC[C@]12C. The minimum Gasteiger partial charge on any atom is -0.394 e. The van der Waals surface area contributed by atoms with Gasteiger partial charge >= 0.3 is 0 Å². The minimum absolute atomic E-state index is 0.00389. The Morgan fingerprint density at radius 3 is 1.65 bits per heavy atom. The topological polar surface area (TPSA) is 377 Å². The second-order valence-electron chi connectivity index (χ2n) is 26.3. The van der Waals surface area contributed by atoms with Crippen molar-refractivity contribution in [1.82, 2.24) is 0 Å². The summed E-state index contributed by atoms with van der Waals surface area (Å²) in [5.41, 5.74) is -5.13. The largest absolute Gasteiger partial charge is 0.394 e. The van der Waals surface area contributed by atoms with Crippen LogP contribution >= 0.6 is 0 Å². The molecule has 15 N–H and O–H groups in total. The second kappa shape index (κ2) is 22.4. The minimum atomic E-state index is -1.82. The van der Waals surface area contributed by atoms with Gasteiger partial charge in [0.25, 0.3) is 0 Å². The van der Waals surface area contributed by atoms with Gasteiger partial charge in [-0.15, -0.1) is 0 Å². The van der Waals surface area contributed by atoms with Crippen LogP contribution in [-0.2, 0) is 37.9 Å². The van der Waals surface area contributed by atoms with Gasteiger partial charge in [0.2, 0.25) is 0 Å². The molecule has 8 aliphatic rings. The third-order valence-electron chi connectivity index (χ3n) is 21.2. The fourth-order valence-corrected chi connectivity index (χ4v) is 16.4. The van der Waals surface area contributed by atoms with Crippen LogP contribution in [0.4, 0.5) is 0 Å². The fraction of sp³-hybridized carbons (Fsp3) is 0.963. The summed E-state index contributed by atoms with van der Waals surface area (Å²) in [7, 11) is 0. The van der Waals surface area contributed by atoms with E-state index >= 15 is 0 Å². The lowest BCUT2D eigenvalue weighted by Gasteiger charge is -2.71. The standard InChI is InChI=1S/C54H92O23/c1-48(2,69)13-10-14-54(9,77-46-41(68)37(64)35(62)28(74-46)23-70-44-39(66)34(61)27(22-57)71-44)53(8)18-17-52(7)43(53)24(58)19-30-50(5)15-12-31(49(3,4)29(50)11-16-51(30,52)6)75-47-42(38(65)33(60)26(21-56)73-47)76-45-40(67)36(63)32(59)25(20-55)72-45/h10,13,24-47,55-69H,11-12,14-23H2,1-9H3/b13-10+/t24-,25-,26-,27+,28-,29+,30-,31+,32-,33-,34+,35-,36+,37+,38+,39-,40-,41-,42-,43+,44-,45+,46+,47+,50+,51-,52-,53+,54+/m1/s1. The molecule has 77 heavy (non-hydrogen) atoms. The number of aliphatic hydroxyl groups excluding tert-OH is 14. The van der Waals surface area contributed by atoms with E-state index in [9.17, 15) is 76.6 Å². The molecule has 4 saturated carbocycles. The van der Waals surface area contributed by atoms with Crippen molar-refractivity contribution in [3.63, 3.8) is 0 Å². The first-order valence-electron chi connectivity index (χ1n) is 27.7. The number of hydrogen-bond acceptors (Lipinski definition) is 23. The van der Waals surface area contributed by atoms with Gasteiger partial charge in [0.1, 0.15) is 91.6 Å². The van der Waals surface area contributed by atoms with Crippen molar-refractivity contribution in [3.05, 3.63) is 12.2 Å². The van der Waals surface area contributed by atoms with E-state index < -0.39 is 189 Å². The Labute approximate surface area is 450 Å². The average Bonchev–Trinajstić information content (AvgIpc) is 3.83. The van der Waals surface area contributed by atoms with Crippen molar-refractivity contribution < 1.29 is 114 Å². The van der Waals surface area contributed by atoms with Gasteiger partial charge in [-0.05, 0) is 112 Å². The average molecular weight is 1110 g/mol. The van der Waals surface area contributed by atoms with E-state index in [0.717, 1.165) is 12.8 Å². The lowest BCUT2D eigenvalue weighted by molar-refractivity contribution is -0.378. The van der Waals surface area contributed by atoms with Gasteiger partial charge in [0, 0.05) is 5.41 Å². The van der Waals surface area contributed by atoms with Crippen molar-refractivity contribution in [2.75, 3.05) is 26.4 Å². The second-order valence-corrected chi connectivity index (χ2v) is 26.3. The van der Waals surface area contributed by atoms with Gasteiger partial charge < -0.3 is 114 Å². The first-order chi connectivity index (χ1) is 35.8. The Hall–Kier alpha value is -1.18. The van der Waals surface area contributed by atoms with Crippen molar-refractivity contribution in [2.45, 2.75) is 254 Å². The van der Waals surface area contributed by atoms with Crippen LogP contribution in [0.15, 0.2) is 12.2 Å². The van der Waals surface area contributed by atoms with Gasteiger partial charge in [-0.3, -0.25) is 0 Å². The normalized spacial score (nSPS) is 52.9. The molecule has 4 aliphatic carbocycles. The smallest absolute Gasteiger partial charge is 0.187 e. The molecular formula is C54H92O23. The summed E-state index contributed by atoms with van der Waals surface area (Å²) in [5.74, 6) is -0.383. The van der Waals surface area contributed by atoms with Gasteiger partial charge in [-0.25, -0.2) is 0 Å². The molecule has 8 rings (SSSR count). The van der Waals surface area contributed by atoms with E-state index in [4.69, 9.17) is 37.9 Å².